The SMILES string of the molecule is CCCCN(C)C(=O)c1cc(Cl)c(N)c(Cl)c1. The van der Waals surface area contributed by atoms with Crippen molar-refractivity contribution in [1.29, 1.82) is 0 Å². The van der Waals surface area contributed by atoms with Crippen LogP contribution in [0.3, 0.4) is 0 Å². The summed E-state index contributed by atoms with van der Waals surface area (Å²) >= 11 is 11.8. The Morgan fingerprint density at radius 2 is 1.88 bits per heavy atom. The molecule has 0 atom stereocenters. The summed E-state index contributed by atoms with van der Waals surface area (Å²) in [5.74, 6) is -0.0951. The fraction of sp³-hybridized carbons (Fsp3) is 0.417. The van der Waals surface area contributed by atoms with Crippen LogP contribution in [0.1, 0.15) is 30.1 Å². The number of carbonyl (C=O) groups excluding carboxylic acids is 1. The van der Waals surface area contributed by atoms with Crippen molar-refractivity contribution in [1.82, 2.24) is 4.90 Å². The van der Waals surface area contributed by atoms with Crippen molar-refractivity contribution >= 4 is 34.8 Å². The first kappa shape index (κ1) is 14.1. The van der Waals surface area contributed by atoms with Crippen molar-refractivity contribution in [3.63, 3.8) is 0 Å². The Morgan fingerprint density at radius 3 is 2.35 bits per heavy atom. The quantitative estimate of drug-likeness (QED) is 0.855. The van der Waals surface area contributed by atoms with Gasteiger partial charge in [-0.15, -0.1) is 0 Å². The number of hydrogen-bond donors (Lipinski definition) is 1. The highest BCUT2D eigenvalue weighted by atomic mass is 35.5. The van der Waals surface area contributed by atoms with Gasteiger partial charge in [0.05, 0.1) is 15.7 Å². The second-order valence-corrected chi connectivity index (χ2v) is 4.75. The highest BCUT2D eigenvalue weighted by Gasteiger charge is 2.14. The van der Waals surface area contributed by atoms with Gasteiger partial charge in [0.2, 0.25) is 0 Å². The van der Waals surface area contributed by atoms with Gasteiger partial charge in [0, 0.05) is 19.2 Å². The molecule has 0 aromatic heterocycles. The van der Waals surface area contributed by atoms with Crippen LogP contribution in [0.15, 0.2) is 12.1 Å². The van der Waals surface area contributed by atoms with Crippen molar-refractivity contribution in [2.24, 2.45) is 0 Å². The number of halogens is 2. The highest BCUT2D eigenvalue weighted by Crippen LogP contribution is 2.29. The third-order valence-corrected chi connectivity index (χ3v) is 3.15. The molecule has 17 heavy (non-hydrogen) atoms. The van der Waals surface area contributed by atoms with Crippen molar-refractivity contribution in [3.05, 3.63) is 27.7 Å². The van der Waals surface area contributed by atoms with Crippen LogP contribution in [-0.2, 0) is 0 Å². The second-order valence-electron chi connectivity index (χ2n) is 3.93. The van der Waals surface area contributed by atoms with Crippen molar-refractivity contribution in [3.8, 4) is 0 Å². The molecule has 3 nitrogen and oxygen atoms in total. The molecule has 0 bridgehead atoms. The van der Waals surface area contributed by atoms with Gasteiger partial charge in [-0.2, -0.15) is 0 Å². The number of anilines is 1. The first-order valence-corrected chi connectivity index (χ1v) is 6.23. The van der Waals surface area contributed by atoms with E-state index >= 15 is 0 Å². The summed E-state index contributed by atoms with van der Waals surface area (Å²) in [6.45, 7) is 2.80. The molecule has 1 aromatic carbocycles. The summed E-state index contributed by atoms with van der Waals surface area (Å²) in [4.78, 5) is 13.7. The van der Waals surface area contributed by atoms with E-state index < -0.39 is 0 Å². The van der Waals surface area contributed by atoms with Crippen molar-refractivity contribution in [2.45, 2.75) is 19.8 Å². The highest BCUT2D eigenvalue weighted by molar-refractivity contribution is 6.39. The number of nitrogens with zero attached hydrogens (tertiary/aromatic N) is 1. The van der Waals surface area contributed by atoms with Gasteiger partial charge in [0.1, 0.15) is 0 Å². The van der Waals surface area contributed by atoms with E-state index in [-0.39, 0.29) is 5.91 Å². The Morgan fingerprint density at radius 1 is 1.35 bits per heavy atom. The van der Waals surface area contributed by atoms with E-state index in [0.717, 1.165) is 19.4 Å². The number of hydrogen-bond acceptors (Lipinski definition) is 2. The third kappa shape index (κ3) is 3.51. The van der Waals surface area contributed by atoms with Crippen LogP contribution in [0.5, 0.6) is 0 Å². The molecule has 2 N–H and O–H groups in total. The number of nitrogens with two attached hydrogens (primary N) is 1. The monoisotopic (exact) mass is 274 g/mol. The minimum atomic E-state index is -0.0951. The summed E-state index contributed by atoms with van der Waals surface area (Å²) in [7, 11) is 1.76. The maximum atomic E-state index is 12.0. The lowest BCUT2D eigenvalue weighted by atomic mass is 10.1. The molecular weight excluding hydrogens is 259 g/mol. The van der Waals surface area contributed by atoms with E-state index in [2.05, 4.69) is 6.92 Å². The van der Waals surface area contributed by atoms with Gasteiger partial charge < -0.3 is 10.6 Å². The largest absolute Gasteiger partial charge is 0.396 e. The van der Waals surface area contributed by atoms with Gasteiger partial charge in [-0.05, 0) is 18.6 Å². The molecule has 0 aliphatic rings. The molecule has 0 aliphatic carbocycles. The average molecular weight is 275 g/mol. The zero-order valence-electron chi connectivity index (χ0n) is 9.96. The summed E-state index contributed by atoms with van der Waals surface area (Å²) in [6.07, 6.45) is 2.01. The minimum Gasteiger partial charge on any atom is -0.396 e. The van der Waals surface area contributed by atoms with Crippen LogP contribution < -0.4 is 5.73 Å². The van der Waals surface area contributed by atoms with Crippen LogP contribution in [0.4, 0.5) is 5.69 Å². The molecule has 0 fully saturated rings. The van der Waals surface area contributed by atoms with Gasteiger partial charge in [0.25, 0.3) is 5.91 Å². The summed E-state index contributed by atoms with van der Waals surface area (Å²) < 4.78 is 0. The molecular formula is C12H16Cl2N2O. The number of nitrogen functional groups attached to an aromatic ring is 1. The molecule has 5 heteroatoms. The Labute approximate surface area is 111 Å². The molecule has 0 spiro atoms. The number of rotatable bonds is 4. The number of unbranched alkanes of at least 4 members (excludes halogenated alkanes) is 1. The van der Waals surface area contributed by atoms with Crippen LogP contribution >= 0.6 is 23.2 Å². The van der Waals surface area contributed by atoms with Crippen molar-refractivity contribution < 1.29 is 4.79 Å². The molecule has 0 radical (unpaired) electrons. The third-order valence-electron chi connectivity index (χ3n) is 2.52. The van der Waals surface area contributed by atoms with Gasteiger partial charge in [-0.1, -0.05) is 36.5 Å². The zero-order valence-corrected chi connectivity index (χ0v) is 11.5. The smallest absolute Gasteiger partial charge is 0.253 e. The molecule has 1 aromatic rings. The molecule has 1 rings (SSSR count). The summed E-state index contributed by atoms with van der Waals surface area (Å²) in [5.41, 5.74) is 6.39. The molecule has 0 aliphatic heterocycles. The van der Waals surface area contributed by atoms with E-state index in [1.54, 1.807) is 24.1 Å². The van der Waals surface area contributed by atoms with Crippen LogP contribution in [-0.4, -0.2) is 24.4 Å². The lowest BCUT2D eigenvalue weighted by Gasteiger charge is -2.17. The van der Waals surface area contributed by atoms with Crippen LogP contribution in [0, 0.1) is 0 Å². The fourth-order valence-electron chi connectivity index (χ4n) is 1.42. The average Bonchev–Trinajstić information content (AvgIpc) is 2.31. The lowest BCUT2D eigenvalue weighted by Crippen LogP contribution is -2.27. The number of carbonyl (C=O) groups is 1. The first-order valence-electron chi connectivity index (χ1n) is 5.47. The maximum Gasteiger partial charge on any atom is 0.253 e. The standard InChI is InChI=1S/C12H16Cl2N2O/c1-3-4-5-16(2)12(17)8-6-9(13)11(15)10(14)7-8/h6-7H,3-5,15H2,1-2H3. The van der Waals surface area contributed by atoms with Crippen LogP contribution in [0.2, 0.25) is 10.0 Å². The Bertz CT molecular complexity index is 398. The van der Waals surface area contributed by atoms with E-state index in [1.165, 1.54) is 0 Å². The Hall–Kier alpha value is -0.930. The van der Waals surface area contributed by atoms with E-state index in [4.69, 9.17) is 28.9 Å². The van der Waals surface area contributed by atoms with Gasteiger partial charge in [-0.25, -0.2) is 0 Å². The molecule has 1 amide bonds. The molecule has 0 heterocycles. The van der Waals surface area contributed by atoms with E-state index in [0.29, 0.717) is 21.3 Å². The van der Waals surface area contributed by atoms with E-state index in [1.807, 2.05) is 0 Å². The van der Waals surface area contributed by atoms with Gasteiger partial charge >= 0.3 is 0 Å². The summed E-state index contributed by atoms with van der Waals surface area (Å²) in [6, 6.07) is 3.10. The van der Waals surface area contributed by atoms with Crippen LogP contribution in [0.25, 0.3) is 0 Å². The Balaban J connectivity index is 2.89. The van der Waals surface area contributed by atoms with Crippen molar-refractivity contribution in [2.75, 3.05) is 19.3 Å². The normalized spacial score (nSPS) is 10.4. The van der Waals surface area contributed by atoms with E-state index in [9.17, 15) is 4.79 Å². The summed E-state index contributed by atoms with van der Waals surface area (Å²) in [5, 5.41) is 0.620. The number of amides is 1. The fourth-order valence-corrected chi connectivity index (χ4v) is 1.91. The first-order chi connectivity index (χ1) is 7.97. The predicted octanol–water partition coefficient (Wildman–Crippen LogP) is 3.45. The second kappa shape index (κ2) is 6.12. The maximum absolute atomic E-state index is 12.0. The molecule has 0 unspecified atom stereocenters. The zero-order chi connectivity index (χ0) is 13.0. The number of benzene rings is 1. The molecule has 0 saturated carbocycles. The Kier molecular flexibility index (Phi) is 5.09. The lowest BCUT2D eigenvalue weighted by molar-refractivity contribution is 0.0793. The van der Waals surface area contributed by atoms with Gasteiger partial charge in [0.15, 0.2) is 0 Å². The molecule has 94 valence electrons. The van der Waals surface area contributed by atoms with Gasteiger partial charge in [-0.3, -0.25) is 4.79 Å². The topological polar surface area (TPSA) is 46.3 Å². The molecule has 0 saturated heterocycles. The minimum absolute atomic E-state index is 0.0951. The predicted molar refractivity (Wildman–Crippen MR) is 72.7 cm³/mol.